The molecule has 2 aromatic rings. The summed E-state index contributed by atoms with van der Waals surface area (Å²) in [4.78, 5) is 25.3. The van der Waals surface area contributed by atoms with Gasteiger partial charge in [0.2, 0.25) is 0 Å². The molecule has 0 radical (unpaired) electrons. The van der Waals surface area contributed by atoms with Gasteiger partial charge in [-0.25, -0.2) is 4.57 Å². The number of hydrogen-bond acceptors (Lipinski definition) is 4. The number of nitrogens with zero attached hydrogens (tertiary/aromatic N) is 1. The number of carboxylic acids is 1. The second kappa shape index (κ2) is 7.40. The molecular formula is C16H18NO5P. The summed E-state index contributed by atoms with van der Waals surface area (Å²) in [6.45, 7) is 1.78. The largest absolute Gasteiger partial charge is 0.481 e. The molecular weight excluding hydrogens is 317 g/mol. The van der Waals surface area contributed by atoms with Gasteiger partial charge in [-0.05, 0) is 24.1 Å². The first-order valence-electron chi connectivity index (χ1n) is 7.15. The third-order valence-electron chi connectivity index (χ3n) is 3.39. The van der Waals surface area contributed by atoms with E-state index < -0.39 is 19.2 Å². The van der Waals surface area contributed by atoms with Crippen molar-refractivity contribution in [2.45, 2.75) is 25.4 Å². The summed E-state index contributed by atoms with van der Waals surface area (Å²) in [7, 11) is -4.05. The molecule has 2 N–H and O–H groups in total. The minimum atomic E-state index is -4.05. The molecule has 7 heteroatoms. The third-order valence-corrected chi connectivity index (χ3v) is 5.30. The zero-order valence-electron chi connectivity index (χ0n) is 12.6. The predicted molar refractivity (Wildman–Crippen MR) is 85.5 cm³/mol. The van der Waals surface area contributed by atoms with Crippen molar-refractivity contribution in [1.82, 2.24) is 4.98 Å². The highest BCUT2D eigenvalue weighted by Gasteiger charge is 2.34. The number of hydrogen-bond donors (Lipinski definition) is 2. The zero-order chi connectivity index (χ0) is 16.9. The zero-order valence-corrected chi connectivity index (χ0v) is 13.5. The van der Waals surface area contributed by atoms with Crippen molar-refractivity contribution in [3.63, 3.8) is 0 Å². The molecule has 1 aromatic carbocycles. The van der Waals surface area contributed by atoms with Gasteiger partial charge in [0.1, 0.15) is 5.75 Å². The smallest absolute Gasteiger partial charge is 0.384 e. The normalized spacial score (nSPS) is 14.7. The van der Waals surface area contributed by atoms with Crippen LogP contribution in [0.15, 0.2) is 48.8 Å². The van der Waals surface area contributed by atoms with Crippen LogP contribution in [0.2, 0.25) is 0 Å². The Hall–Kier alpha value is -2.17. The topological polar surface area (TPSA) is 96.7 Å². The van der Waals surface area contributed by atoms with E-state index in [1.165, 1.54) is 12.3 Å². The van der Waals surface area contributed by atoms with Gasteiger partial charge >= 0.3 is 13.6 Å². The molecule has 1 aromatic heterocycles. The molecule has 1 heterocycles. The maximum Gasteiger partial charge on any atom is 0.384 e. The molecule has 0 aliphatic rings. The predicted octanol–water partition coefficient (Wildman–Crippen LogP) is 3.42. The number of rotatable bonds is 7. The summed E-state index contributed by atoms with van der Waals surface area (Å²) in [5, 5.41) is 8.93. The first-order chi connectivity index (χ1) is 10.9. The van der Waals surface area contributed by atoms with Crippen molar-refractivity contribution in [2.24, 2.45) is 0 Å². The summed E-state index contributed by atoms with van der Waals surface area (Å²) < 4.78 is 18.1. The number of carboxylic acid groups (broad SMARTS) is 1. The molecule has 0 saturated heterocycles. The van der Waals surface area contributed by atoms with Gasteiger partial charge in [-0.15, -0.1) is 0 Å². The van der Waals surface area contributed by atoms with Crippen molar-refractivity contribution < 1.29 is 23.9 Å². The van der Waals surface area contributed by atoms with Gasteiger partial charge in [0.25, 0.3) is 0 Å². The lowest BCUT2D eigenvalue weighted by atomic mass is 10.1. The fourth-order valence-corrected chi connectivity index (χ4v) is 3.91. The molecule has 23 heavy (non-hydrogen) atoms. The maximum absolute atomic E-state index is 12.7. The van der Waals surface area contributed by atoms with Crippen LogP contribution in [0.1, 0.15) is 30.1 Å². The molecule has 0 spiro atoms. The van der Waals surface area contributed by atoms with Gasteiger partial charge in [-0.3, -0.25) is 9.78 Å². The summed E-state index contributed by atoms with van der Waals surface area (Å²) in [6, 6.07) is 9.76. The van der Waals surface area contributed by atoms with Crippen LogP contribution >= 0.6 is 7.60 Å². The molecule has 0 fully saturated rings. The van der Waals surface area contributed by atoms with E-state index in [1.54, 1.807) is 43.5 Å². The highest BCUT2D eigenvalue weighted by atomic mass is 31.2. The fourth-order valence-electron chi connectivity index (χ4n) is 2.33. The first kappa shape index (κ1) is 17.2. The molecule has 0 aliphatic heterocycles. The standard InChI is InChI=1S/C16H18NO5P/c1-2-15(13-7-5-9-17-11-13)23(20,21)22-14-8-4-3-6-12(14)10-16(18)19/h3-9,11,15H,2,10H2,1H3,(H,18,19)(H,20,21). The maximum atomic E-state index is 12.7. The Morgan fingerprint density at radius 1 is 1.30 bits per heavy atom. The van der Waals surface area contributed by atoms with E-state index in [0.29, 0.717) is 17.5 Å². The summed E-state index contributed by atoms with van der Waals surface area (Å²) in [5.74, 6) is -0.920. The van der Waals surface area contributed by atoms with Crippen LogP contribution in [0.5, 0.6) is 5.75 Å². The molecule has 6 nitrogen and oxygen atoms in total. The molecule has 122 valence electrons. The second-order valence-electron chi connectivity index (χ2n) is 5.04. The Morgan fingerprint density at radius 3 is 2.65 bits per heavy atom. The summed E-state index contributed by atoms with van der Waals surface area (Å²) in [5.41, 5.74) is 0.237. The average Bonchev–Trinajstić information content (AvgIpc) is 2.50. The van der Waals surface area contributed by atoms with Gasteiger partial charge in [0.05, 0.1) is 12.1 Å². The molecule has 2 unspecified atom stereocenters. The van der Waals surface area contributed by atoms with Crippen LogP contribution in [0.25, 0.3) is 0 Å². The van der Waals surface area contributed by atoms with Gasteiger partial charge < -0.3 is 14.5 Å². The Balaban J connectivity index is 2.30. The van der Waals surface area contributed by atoms with Crippen molar-refractivity contribution >= 4 is 13.6 Å². The van der Waals surface area contributed by atoms with E-state index in [4.69, 9.17) is 9.63 Å². The van der Waals surface area contributed by atoms with Crippen LogP contribution in [0.4, 0.5) is 0 Å². The first-order valence-corrected chi connectivity index (χ1v) is 8.80. The number of aliphatic carboxylic acids is 1. The Bertz CT molecular complexity index is 719. The van der Waals surface area contributed by atoms with Crippen molar-refractivity contribution in [3.8, 4) is 5.75 Å². The van der Waals surface area contributed by atoms with Crippen molar-refractivity contribution in [1.29, 1.82) is 0 Å². The van der Waals surface area contributed by atoms with Crippen molar-refractivity contribution in [2.75, 3.05) is 0 Å². The van der Waals surface area contributed by atoms with E-state index in [-0.39, 0.29) is 12.2 Å². The van der Waals surface area contributed by atoms with E-state index in [1.807, 2.05) is 0 Å². The molecule has 0 aliphatic carbocycles. The van der Waals surface area contributed by atoms with Gasteiger partial charge in [0.15, 0.2) is 0 Å². The van der Waals surface area contributed by atoms with Crippen LogP contribution < -0.4 is 4.52 Å². The fraction of sp³-hybridized carbons (Fsp3) is 0.250. The van der Waals surface area contributed by atoms with Crippen LogP contribution in [-0.2, 0) is 15.8 Å². The number of pyridine rings is 1. The quantitative estimate of drug-likeness (QED) is 0.753. The second-order valence-corrected chi connectivity index (χ2v) is 6.98. The lowest BCUT2D eigenvalue weighted by Gasteiger charge is -2.23. The highest BCUT2D eigenvalue weighted by molar-refractivity contribution is 7.53. The highest BCUT2D eigenvalue weighted by Crippen LogP contribution is 2.58. The number of para-hydroxylation sites is 1. The Kier molecular flexibility index (Phi) is 5.53. The van der Waals surface area contributed by atoms with E-state index >= 15 is 0 Å². The van der Waals surface area contributed by atoms with Gasteiger partial charge in [-0.1, -0.05) is 31.2 Å². The van der Waals surface area contributed by atoms with Gasteiger partial charge in [0, 0.05) is 18.0 Å². The minimum Gasteiger partial charge on any atom is -0.481 e. The Labute approximate surface area is 134 Å². The summed E-state index contributed by atoms with van der Waals surface area (Å²) >= 11 is 0. The minimum absolute atomic E-state index is 0.114. The number of carbonyl (C=O) groups is 1. The van der Waals surface area contributed by atoms with Gasteiger partial charge in [-0.2, -0.15) is 0 Å². The molecule has 0 bridgehead atoms. The van der Waals surface area contributed by atoms with Crippen LogP contribution in [-0.4, -0.2) is 21.0 Å². The Morgan fingerprint density at radius 2 is 2.04 bits per heavy atom. The lowest BCUT2D eigenvalue weighted by molar-refractivity contribution is -0.136. The SMILES string of the molecule is CCC(c1cccnc1)P(=O)(O)Oc1ccccc1CC(=O)O. The van der Waals surface area contributed by atoms with Crippen molar-refractivity contribution in [3.05, 3.63) is 59.9 Å². The summed E-state index contributed by atoms with van der Waals surface area (Å²) in [6.07, 6.45) is 3.23. The monoisotopic (exact) mass is 335 g/mol. The third kappa shape index (κ3) is 4.41. The number of aromatic nitrogens is 1. The molecule has 0 amide bonds. The molecule has 2 rings (SSSR count). The van der Waals surface area contributed by atoms with Crippen LogP contribution in [0.3, 0.4) is 0 Å². The van der Waals surface area contributed by atoms with E-state index in [2.05, 4.69) is 4.98 Å². The van der Waals surface area contributed by atoms with Crippen LogP contribution in [0, 0.1) is 0 Å². The van der Waals surface area contributed by atoms with E-state index in [0.717, 1.165) is 0 Å². The average molecular weight is 335 g/mol. The lowest BCUT2D eigenvalue weighted by Crippen LogP contribution is -2.07. The van der Waals surface area contributed by atoms with E-state index in [9.17, 15) is 14.3 Å². The molecule has 2 atom stereocenters. The number of benzene rings is 1. The molecule has 0 saturated carbocycles.